The summed E-state index contributed by atoms with van der Waals surface area (Å²) < 4.78 is 40.1. The van der Waals surface area contributed by atoms with Gasteiger partial charge in [-0.25, -0.2) is 0 Å². The lowest BCUT2D eigenvalue weighted by molar-refractivity contribution is -0.174. The first kappa shape index (κ1) is 15.7. The van der Waals surface area contributed by atoms with Gasteiger partial charge in [0, 0.05) is 25.2 Å². The maximum atomic E-state index is 11.8. The van der Waals surface area contributed by atoms with Gasteiger partial charge in [-0.05, 0) is 26.3 Å². The number of halogens is 3. The normalized spacial score (nSPS) is 25.7. The Morgan fingerprint density at radius 3 is 2.56 bits per heavy atom. The summed E-state index contributed by atoms with van der Waals surface area (Å²) in [5.74, 6) is 0. The lowest BCUT2D eigenvalue weighted by Crippen LogP contribution is -2.48. The molecule has 0 aliphatic heterocycles. The van der Waals surface area contributed by atoms with E-state index in [2.05, 4.69) is 9.64 Å². The molecule has 2 unspecified atom stereocenters. The van der Waals surface area contributed by atoms with Crippen molar-refractivity contribution in [3.63, 3.8) is 0 Å². The third-order valence-corrected chi connectivity index (χ3v) is 3.41. The monoisotopic (exact) mass is 268 g/mol. The molecule has 108 valence electrons. The zero-order valence-corrected chi connectivity index (χ0v) is 10.9. The minimum Gasteiger partial charge on any atom is -0.372 e. The molecule has 0 spiro atoms. The van der Waals surface area contributed by atoms with Gasteiger partial charge >= 0.3 is 6.18 Å². The van der Waals surface area contributed by atoms with E-state index in [1.54, 1.807) is 0 Å². The third kappa shape index (κ3) is 6.02. The summed E-state index contributed by atoms with van der Waals surface area (Å²) in [6.07, 6.45) is 0.877. The highest BCUT2D eigenvalue weighted by Crippen LogP contribution is 2.21. The summed E-state index contributed by atoms with van der Waals surface area (Å²) in [5, 5.41) is 0. The van der Waals surface area contributed by atoms with Crippen LogP contribution in [0.4, 0.5) is 13.2 Å². The molecule has 0 aromatic rings. The standard InChI is InChI=1S/C12H23F3N2O/c1-17(11-6-3-2-5-10(11)16)7-4-8-18-9-12(13,14)15/h10-11H,2-9,16H2,1H3. The maximum Gasteiger partial charge on any atom is 0.411 e. The van der Waals surface area contributed by atoms with Crippen molar-refractivity contribution >= 4 is 0 Å². The first-order chi connectivity index (χ1) is 8.40. The van der Waals surface area contributed by atoms with Crippen LogP contribution in [0, 0.1) is 0 Å². The molecule has 2 atom stereocenters. The average Bonchev–Trinajstić information content (AvgIpc) is 2.27. The van der Waals surface area contributed by atoms with Crippen LogP contribution in [-0.4, -0.2) is 50.0 Å². The van der Waals surface area contributed by atoms with Crippen molar-refractivity contribution in [2.24, 2.45) is 5.73 Å². The smallest absolute Gasteiger partial charge is 0.372 e. The Morgan fingerprint density at radius 2 is 1.94 bits per heavy atom. The molecule has 0 aromatic carbocycles. The van der Waals surface area contributed by atoms with Gasteiger partial charge in [0.1, 0.15) is 6.61 Å². The van der Waals surface area contributed by atoms with Crippen LogP contribution < -0.4 is 5.73 Å². The molecular weight excluding hydrogens is 245 g/mol. The molecule has 1 rings (SSSR count). The molecule has 0 radical (unpaired) electrons. The molecule has 18 heavy (non-hydrogen) atoms. The van der Waals surface area contributed by atoms with E-state index >= 15 is 0 Å². The maximum absolute atomic E-state index is 11.8. The molecule has 1 saturated carbocycles. The minimum absolute atomic E-state index is 0.145. The van der Waals surface area contributed by atoms with Crippen LogP contribution in [0.2, 0.25) is 0 Å². The Morgan fingerprint density at radius 1 is 1.28 bits per heavy atom. The summed E-state index contributed by atoms with van der Waals surface area (Å²) in [4.78, 5) is 2.15. The SMILES string of the molecule is CN(CCCOCC(F)(F)F)C1CCCCC1N. The lowest BCUT2D eigenvalue weighted by Gasteiger charge is -2.36. The Kier molecular flexibility index (Phi) is 6.38. The first-order valence-electron chi connectivity index (χ1n) is 6.50. The van der Waals surface area contributed by atoms with Gasteiger partial charge in [0.15, 0.2) is 0 Å². The molecule has 6 heteroatoms. The second kappa shape index (κ2) is 7.31. The van der Waals surface area contributed by atoms with Crippen molar-refractivity contribution in [2.75, 3.05) is 26.8 Å². The molecule has 3 nitrogen and oxygen atoms in total. The van der Waals surface area contributed by atoms with Gasteiger partial charge in [0.25, 0.3) is 0 Å². The molecule has 0 amide bonds. The summed E-state index contributed by atoms with van der Waals surface area (Å²) in [7, 11) is 1.99. The summed E-state index contributed by atoms with van der Waals surface area (Å²) in [6.45, 7) is -0.276. The van der Waals surface area contributed by atoms with E-state index in [-0.39, 0.29) is 12.6 Å². The highest BCUT2D eigenvalue weighted by Gasteiger charge is 2.27. The fraction of sp³-hybridized carbons (Fsp3) is 1.00. The van der Waals surface area contributed by atoms with Crippen LogP contribution in [0.5, 0.6) is 0 Å². The summed E-state index contributed by atoms with van der Waals surface area (Å²) >= 11 is 0. The fourth-order valence-corrected chi connectivity index (χ4v) is 2.46. The van der Waals surface area contributed by atoms with Gasteiger partial charge in [-0.15, -0.1) is 0 Å². The van der Waals surface area contributed by atoms with Crippen molar-refractivity contribution < 1.29 is 17.9 Å². The van der Waals surface area contributed by atoms with E-state index in [1.165, 1.54) is 12.8 Å². The van der Waals surface area contributed by atoms with E-state index < -0.39 is 12.8 Å². The Bertz CT molecular complexity index is 236. The van der Waals surface area contributed by atoms with Gasteiger partial charge in [-0.2, -0.15) is 13.2 Å². The zero-order chi connectivity index (χ0) is 13.6. The number of ether oxygens (including phenoxy) is 1. The molecule has 0 bridgehead atoms. The van der Waals surface area contributed by atoms with Crippen LogP contribution in [-0.2, 0) is 4.74 Å². The molecule has 0 aromatic heterocycles. The summed E-state index contributed by atoms with van der Waals surface area (Å²) in [6, 6.07) is 0.557. The molecule has 1 aliphatic rings. The van der Waals surface area contributed by atoms with Crippen molar-refractivity contribution in [1.82, 2.24) is 4.90 Å². The first-order valence-corrected chi connectivity index (χ1v) is 6.50. The number of hydrogen-bond acceptors (Lipinski definition) is 3. The number of nitrogens with two attached hydrogens (primary N) is 1. The average molecular weight is 268 g/mol. The third-order valence-electron chi connectivity index (χ3n) is 3.41. The van der Waals surface area contributed by atoms with E-state index in [0.717, 1.165) is 19.4 Å². The van der Waals surface area contributed by atoms with Crippen LogP contribution in [0.3, 0.4) is 0 Å². The highest BCUT2D eigenvalue weighted by atomic mass is 19.4. The topological polar surface area (TPSA) is 38.5 Å². The highest BCUT2D eigenvalue weighted by molar-refractivity contribution is 4.84. The van der Waals surface area contributed by atoms with Gasteiger partial charge in [-0.3, -0.25) is 0 Å². The minimum atomic E-state index is -4.22. The van der Waals surface area contributed by atoms with E-state index in [4.69, 9.17) is 5.73 Å². The van der Waals surface area contributed by atoms with Gasteiger partial charge in [-0.1, -0.05) is 12.8 Å². The number of hydrogen-bond donors (Lipinski definition) is 1. The molecule has 1 aliphatic carbocycles. The Hall–Kier alpha value is -0.330. The van der Waals surface area contributed by atoms with Gasteiger partial charge < -0.3 is 15.4 Å². The predicted molar refractivity (Wildman–Crippen MR) is 64.4 cm³/mol. The summed E-state index contributed by atoms with van der Waals surface area (Å²) in [5.41, 5.74) is 6.05. The fourth-order valence-electron chi connectivity index (χ4n) is 2.46. The Labute approximate surface area is 106 Å². The van der Waals surface area contributed by atoms with E-state index in [9.17, 15) is 13.2 Å². The number of likely N-dealkylation sites (N-methyl/N-ethyl adjacent to an activating group) is 1. The number of rotatable bonds is 6. The lowest BCUT2D eigenvalue weighted by atomic mass is 9.90. The molecule has 0 saturated heterocycles. The van der Waals surface area contributed by atoms with Gasteiger partial charge in [0.05, 0.1) is 0 Å². The molecule has 2 N–H and O–H groups in total. The number of alkyl halides is 3. The molecule has 0 heterocycles. The van der Waals surface area contributed by atoms with Gasteiger partial charge in [0.2, 0.25) is 0 Å². The Balaban J connectivity index is 2.11. The second-order valence-electron chi connectivity index (χ2n) is 5.02. The predicted octanol–water partition coefficient (Wildman–Crippen LogP) is 2.16. The second-order valence-corrected chi connectivity index (χ2v) is 5.02. The van der Waals surface area contributed by atoms with Crippen molar-refractivity contribution in [2.45, 2.75) is 50.4 Å². The van der Waals surface area contributed by atoms with Crippen molar-refractivity contribution in [1.29, 1.82) is 0 Å². The largest absolute Gasteiger partial charge is 0.411 e. The molecular formula is C12H23F3N2O. The quantitative estimate of drug-likeness (QED) is 0.750. The van der Waals surface area contributed by atoms with Crippen LogP contribution in [0.1, 0.15) is 32.1 Å². The number of nitrogens with zero attached hydrogens (tertiary/aromatic N) is 1. The van der Waals surface area contributed by atoms with E-state index in [1.807, 2.05) is 7.05 Å². The van der Waals surface area contributed by atoms with Crippen LogP contribution >= 0.6 is 0 Å². The zero-order valence-electron chi connectivity index (χ0n) is 10.9. The van der Waals surface area contributed by atoms with Crippen molar-refractivity contribution in [3.05, 3.63) is 0 Å². The van der Waals surface area contributed by atoms with E-state index in [0.29, 0.717) is 12.5 Å². The van der Waals surface area contributed by atoms with Crippen molar-refractivity contribution in [3.8, 4) is 0 Å². The molecule has 1 fully saturated rings. The van der Waals surface area contributed by atoms with Crippen LogP contribution in [0.15, 0.2) is 0 Å². The van der Waals surface area contributed by atoms with Crippen LogP contribution in [0.25, 0.3) is 0 Å².